The third kappa shape index (κ3) is 1.97. The number of hydrogen-bond acceptors (Lipinski definition) is 3. The van der Waals surface area contributed by atoms with Crippen molar-refractivity contribution in [2.45, 2.75) is 12.5 Å². The third-order valence-corrected chi connectivity index (χ3v) is 2.65. The normalized spacial score (nSPS) is 13.3. The number of benzene rings is 1. The molecule has 80 valence electrons. The van der Waals surface area contributed by atoms with Gasteiger partial charge in [0.1, 0.15) is 5.15 Å². The molecule has 4 N–H and O–H groups in total. The Morgan fingerprint density at radius 2 is 2.33 bits per heavy atom. The number of hydrogen-bond donors (Lipinski definition) is 3. The van der Waals surface area contributed by atoms with Crippen molar-refractivity contribution in [3.63, 3.8) is 0 Å². The molecule has 15 heavy (non-hydrogen) atoms. The average molecular weight is 226 g/mol. The van der Waals surface area contributed by atoms with Crippen LogP contribution in [0.1, 0.15) is 18.1 Å². The minimum atomic E-state index is -0.533. The van der Waals surface area contributed by atoms with E-state index in [2.05, 4.69) is 10.2 Å². The molecule has 1 aromatic heterocycles. The minimum Gasteiger partial charge on any atom is -0.388 e. The molecule has 1 aromatic carbocycles. The molecule has 0 bridgehead atoms. The van der Waals surface area contributed by atoms with Crippen molar-refractivity contribution < 1.29 is 5.11 Å². The Bertz CT molecular complexity index is 469. The van der Waals surface area contributed by atoms with Crippen molar-refractivity contribution in [3.8, 4) is 0 Å². The molecule has 1 unspecified atom stereocenters. The molecule has 0 radical (unpaired) electrons. The maximum Gasteiger partial charge on any atom is 0.132 e. The predicted octanol–water partition coefficient (Wildman–Crippen LogP) is 1.60. The monoisotopic (exact) mass is 225 g/mol. The van der Waals surface area contributed by atoms with Gasteiger partial charge in [0.15, 0.2) is 0 Å². The third-order valence-electron chi connectivity index (χ3n) is 2.36. The number of aliphatic hydroxyl groups is 1. The Morgan fingerprint density at radius 1 is 1.53 bits per heavy atom. The van der Waals surface area contributed by atoms with Crippen LogP contribution in [0, 0.1) is 0 Å². The first kappa shape index (κ1) is 10.4. The van der Waals surface area contributed by atoms with Gasteiger partial charge in [-0.25, -0.2) is 0 Å². The second kappa shape index (κ2) is 4.18. The summed E-state index contributed by atoms with van der Waals surface area (Å²) in [6.45, 7) is 0.459. The molecule has 4 nitrogen and oxygen atoms in total. The molecule has 0 fully saturated rings. The Morgan fingerprint density at radius 3 is 3.07 bits per heavy atom. The van der Waals surface area contributed by atoms with Crippen LogP contribution < -0.4 is 5.73 Å². The smallest absolute Gasteiger partial charge is 0.132 e. The number of H-pyrrole nitrogens is 1. The van der Waals surface area contributed by atoms with E-state index in [1.54, 1.807) is 0 Å². The van der Waals surface area contributed by atoms with E-state index in [0.29, 0.717) is 18.1 Å². The highest BCUT2D eigenvalue weighted by atomic mass is 35.5. The molecule has 2 aromatic rings. The van der Waals surface area contributed by atoms with Crippen LogP contribution in [0.2, 0.25) is 5.15 Å². The molecule has 0 saturated heterocycles. The highest BCUT2D eigenvalue weighted by Crippen LogP contribution is 2.24. The number of nitrogens with two attached hydrogens (primary N) is 1. The largest absolute Gasteiger partial charge is 0.388 e. The lowest BCUT2D eigenvalue weighted by atomic mass is 10.1. The first-order chi connectivity index (χ1) is 7.22. The topological polar surface area (TPSA) is 74.9 Å². The highest BCUT2D eigenvalue weighted by Gasteiger charge is 2.09. The molecule has 2 rings (SSSR count). The van der Waals surface area contributed by atoms with Crippen LogP contribution in [0.5, 0.6) is 0 Å². The zero-order chi connectivity index (χ0) is 10.8. The van der Waals surface area contributed by atoms with Crippen molar-refractivity contribution in [3.05, 3.63) is 28.9 Å². The average Bonchev–Trinajstić information content (AvgIpc) is 2.60. The number of aliphatic hydroxyl groups excluding tert-OH is 1. The summed E-state index contributed by atoms with van der Waals surface area (Å²) >= 11 is 5.87. The number of halogens is 1. The van der Waals surface area contributed by atoms with Crippen molar-refractivity contribution in [1.29, 1.82) is 0 Å². The summed E-state index contributed by atoms with van der Waals surface area (Å²) in [5.41, 5.74) is 6.95. The molecule has 5 heteroatoms. The number of fused-ring (bicyclic) bond motifs is 1. The molecule has 0 aliphatic carbocycles. The quantitative estimate of drug-likeness (QED) is 0.743. The number of rotatable bonds is 3. The number of nitrogens with one attached hydrogen (secondary N) is 1. The summed E-state index contributed by atoms with van der Waals surface area (Å²) < 4.78 is 0. The van der Waals surface area contributed by atoms with Gasteiger partial charge >= 0.3 is 0 Å². The van der Waals surface area contributed by atoms with Crippen LogP contribution in [0.25, 0.3) is 10.9 Å². The van der Waals surface area contributed by atoms with Gasteiger partial charge in [0.2, 0.25) is 0 Å². The van der Waals surface area contributed by atoms with Gasteiger partial charge in [0.25, 0.3) is 0 Å². The summed E-state index contributed by atoms with van der Waals surface area (Å²) in [7, 11) is 0. The second-order valence-electron chi connectivity index (χ2n) is 3.41. The number of nitrogens with zero attached hydrogens (tertiary/aromatic N) is 1. The summed E-state index contributed by atoms with van der Waals surface area (Å²) in [5, 5.41) is 17.8. The standard InChI is InChI=1S/C10H12ClN3O/c11-10-7-2-1-6(9(15)3-4-12)5-8(7)13-14-10/h1-2,5,9,15H,3-4,12H2,(H,13,14). The molecular formula is C10H12ClN3O. The molecule has 1 heterocycles. The van der Waals surface area contributed by atoms with E-state index in [0.717, 1.165) is 16.5 Å². The Balaban J connectivity index is 2.38. The van der Waals surface area contributed by atoms with E-state index in [1.807, 2.05) is 18.2 Å². The molecule has 0 spiro atoms. The van der Waals surface area contributed by atoms with Gasteiger partial charge < -0.3 is 10.8 Å². The molecule has 0 aliphatic heterocycles. The fraction of sp³-hybridized carbons (Fsp3) is 0.300. The lowest BCUT2D eigenvalue weighted by molar-refractivity contribution is 0.170. The van der Waals surface area contributed by atoms with E-state index in [-0.39, 0.29) is 0 Å². The SMILES string of the molecule is NCCC(O)c1ccc2c(Cl)[nH]nc2c1. The van der Waals surface area contributed by atoms with E-state index >= 15 is 0 Å². The van der Waals surface area contributed by atoms with Crippen LogP contribution in [-0.4, -0.2) is 21.8 Å². The fourth-order valence-corrected chi connectivity index (χ4v) is 1.73. The van der Waals surface area contributed by atoms with E-state index < -0.39 is 6.10 Å². The van der Waals surface area contributed by atoms with Crippen LogP contribution >= 0.6 is 11.6 Å². The van der Waals surface area contributed by atoms with E-state index in [4.69, 9.17) is 17.3 Å². The summed E-state index contributed by atoms with van der Waals surface area (Å²) in [6.07, 6.45) is 0.0128. The number of aromatic amines is 1. The maximum absolute atomic E-state index is 9.74. The fourth-order valence-electron chi connectivity index (χ4n) is 1.53. The molecular weight excluding hydrogens is 214 g/mol. The summed E-state index contributed by atoms with van der Waals surface area (Å²) in [5.74, 6) is 0. The van der Waals surface area contributed by atoms with Gasteiger partial charge in [0.05, 0.1) is 11.6 Å². The van der Waals surface area contributed by atoms with Gasteiger partial charge in [-0.1, -0.05) is 17.7 Å². The molecule has 0 saturated carbocycles. The van der Waals surface area contributed by atoms with Crippen molar-refractivity contribution in [2.24, 2.45) is 5.73 Å². The first-order valence-corrected chi connectivity index (χ1v) is 5.12. The van der Waals surface area contributed by atoms with Gasteiger partial charge in [-0.05, 0) is 30.7 Å². The van der Waals surface area contributed by atoms with Crippen LogP contribution in [0.4, 0.5) is 0 Å². The zero-order valence-corrected chi connectivity index (χ0v) is 8.83. The van der Waals surface area contributed by atoms with Crippen molar-refractivity contribution >= 4 is 22.5 Å². The van der Waals surface area contributed by atoms with E-state index in [9.17, 15) is 5.11 Å². The van der Waals surface area contributed by atoms with Crippen LogP contribution in [0.15, 0.2) is 18.2 Å². The lowest BCUT2D eigenvalue weighted by Gasteiger charge is -2.08. The zero-order valence-electron chi connectivity index (χ0n) is 8.07. The second-order valence-corrected chi connectivity index (χ2v) is 3.79. The predicted molar refractivity (Wildman–Crippen MR) is 59.7 cm³/mol. The Hall–Kier alpha value is -1.10. The van der Waals surface area contributed by atoms with Crippen molar-refractivity contribution in [2.75, 3.05) is 6.54 Å². The van der Waals surface area contributed by atoms with Gasteiger partial charge in [-0.2, -0.15) is 5.10 Å². The Labute approximate surface area is 92.0 Å². The molecule has 0 aliphatic rings. The Kier molecular flexibility index (Phi) is 2.90. The van der Waals surface area contributed by atoms with Crippen molar-refractivity contribution in [1.82, 2.24) is 10.2 Å². The lowest BCUT2D eigenvalue weighted by Crippen LogP contribution is -2.06. The minimum absolute atomic E-state index is 0.459. The highest BCUT2D eigenvalue weighted by molar-refractivity contribution is 6.34. The summed E-state index contributed by atoms with van der Waals surface area (Å²) in [6, 6.07) is 5.50. The molecule has 0 amide bonds. The maximum atomic E-state index is 9.74. The summed E-state index contributed by atoms with van der Waals surface area (Å²) in [4.78, 5) is 0. The first-order valence-electron chi connectivity index (χ1n) is 4.74. The van der Waals surface area contributed by atoms with Crippen LogP contribution in [-0.2, 0) is 0 Å². The number of aromatic nitrogens is 2. The van der Waals surface area contributed by atoms with Crippen LogP contribution in [0.3, 0.4) is 0 Å². The van der Waals surface area contributed by atoms with Gasteiger partial charge in [-0.15, -0.1) is 0 Å². The van der Waals surface area contributed by atoms with E-state index in [1.165, 1.54) is 0 Å². The van der Waals surface area contributed by atoms with Gasteiger partial charge in [-0.3, -0.25) is 5.10 Å². The van der Waals surface area contributed by atoms with Gasteiger partial charge in [0, 0.05) is 5.39 Å². The molecule has 1 atom stereocenters.